The van der Waals surface area contributed by atoms with Crippen LogP contribution < -0.4 is 5.32 Å². The van der Waals surface area contributed by atoms with Gasteiger partial charge in [0.15, 0.2) is 16.4 Å². The molecule has 1 heterocycles. The minimum Gasteiger partial charge on any atom is -0.456 e. The maximum atomic E-state index is 12.7. The van der Waals surface area contributed by atoms with Crippen LogP contribution in [0.2, 0.25) is 0 Å². The maximum absolute atomic E-state index is 12.7. The van der Waals surface area contributed by atoms with Gasteiger partial charge in [0.1, 0.15) is 5.82 Å². The number of sulfone groups is 1. The van der Waals surface area contributed by atoms with Crippen LogP contribution in [0.25, 0.3) is 0 Å². The molecule has 1 atom stereocenters. The number of hydrogen-bond acceptors (Lipinski definition) is 5. The smallest absolute Gasteiger partial charge is 0.306 e. The van der Waals surface area contributed by atoms with Gasteiger partial charge in [0.05, 0.1) is 12.2 Å². The second-order valence-corrected chi connectivity index (χ2v) is 7.44. The first-order chi connectivity index (χ1) is 11.3. The largest absolute Gasteiger partial charge is 0.456 e. The first kappa shape index (κ1) is 18.1. The number of rotatable bonds is 7. The lowest BCUT2D eigenvalue weighted by Gasteiger charge is -2.08. The van der Waals surface area contributed by atoms with Gasteiger partial charge in [0, 0.05) is 17.9 Å². The molecule has 1 N–H and O–H groups in total. The second-order valence-electron chi connectivity index (χ2n) is 5.51. The quantitative estimate of drug-likeness (QED) is 0.737. The van der Waals surface area contributed by atoms with E-state index in [1.165, 1.54) is 18.2 Å². The van der Waals surface area contributed by atoms with Crippen molar-refractivity contribution in [2.75, 3.05) is 18.9 Å². The summed E-state index contributed by atoms with van der Waals surface area (Å²) in [5.74, 6) is -1.88. The number of amides is 1. The molecule has 1 aliphatic rings. The minimum absolute atomic E-state index is 0.0708. The molecule has 1 aromatic carbocycles. The molecule has 0 aliphatic carbocycles. The van der Waals surface area contributed by atoms with Crippen LogP contribution in [0.4, 0.5) is 4.39 Å². The Morgan fingerprint density at radius 2 is 1.96 bits per heavy atom. The highest BCUT2D eigenvalue weighted by Crippen LogP contribution is 2.18. The Hall–Kier alpha value is -2.22. The molecule has 0 fully saturated rings. The summed E-state index contributed by atoms with van der Waals surface area (Å²) in [5.41, 5.74) is 0.878. The highest BCUT2D eigenvalue weighted by atomic mass is 32.2. The molecule has 0 saturated heterocycles. The molecule has 1 unspecified atom stereocenters. The summed E-state index contributed by atoms with van der Waals surface area (Å²) < 4.78 is 40.0. The third kappa shape index (κ3) is 6.11. The maximum Gasteiger partial charge on any atom is 0.306 e. The molecule has 2 rings (SSSR count). The molecule has 1 aliphatic heterocycles. The first-order valence-electron chi connectivity index (χ1n) is 7.42. The van der Waals surface area contributed by atoms with Gasteiger partial charge in [-0.25, -0.2) is 12.8 Å². The Balaban J connectivity index is 1.61. The molecule has 8 heteroatoms. The monoisotopic (exact) mass is 355 g/mol. The van der Waals surface area contributed by atoms with Gasteiger partial charge in [0.2, 0.25) is 0 Å². The van der Waals surface area contributed by atoms with Crippen molar-refractivity contribution in [3.8, 4) is 0 Å². The lowest BCUT2D eigenvalue weighted by atomic mass is 10.1. The molecule has 1 aromatic rings. The fraction of sp³-hybridized carbons (Fsp3) is 0.375. The Bertz CT molecular complexity index is 727. The van der Waals surface area contributed by atoms with Crippen LogP contribution in [0.15, 0.2) is 35.7 Å². The SMILES string of the molecule is O=C(COC(=O)CC1C=CS(=O)(=O)C1)NCCc1ccc(F)cc1. The average molecular weight is 355 g/mol. The van der Waals surface area contributed by atoms with Crippen molar-refractivity contribution in [1.29, 1.82) is 0 Å². The normalized spacial score (nSPS) is 18.3. The number of ether oxygens (including phenoxy) is 1. The minimum atomic E-state index is -3.20. The van der Waals surface area contributed by atoms with Crippen molar-refractivity contribution in [3.63, 3.8) is 0 Å². The van der Waals surface area contributed by atoms with E-state index in [2.05, 4.69) is 5.32 Å². The average Bonchev–Trinajstić information content (AvgIpc) is 2.86. The first-order valence-corrected chi connectivity index (χ1v) is 9.13. The van der Waals surface area contributed by atoms with E-state index in [4.69, 9.17) is 4.74 Å². The molecule has 0 aromatic heterocycles. The molecule has 24 heavy (non-hydrogen) atoms. The predicted molar refractivity (Wildman–Crippen MR) is 85.1 cm³/mol. The van der Waals surface area contributed by atoms with E-state index in [0.717, 1.165) is 11.0 Å². The van der Waals surface area contributed by atoms with Crippen LogP contribution >= 0.6 is 0 Å². The standard InChI is InChI=1S/C16H18FNO5S/c17-14-3-1-12(2-4-14)5-7-18-15(19)10-23-16(20)9-13-6-8-24(21,22)11-13/h1-4,6,8,13H,5,7,9-11H2,(H,18,19). The fourth-order valence-corrected chi connectivity index (χ4v) is 3.63. The van der Waals surface area contributed by atoms with E-state index in [9.17, 15) is 22.4 Å². The molecule has 0 radical (unpaired) electrons. The number of halogens is 1. The van der Waals surface area contributed by atoms with E-state index < -0.39 is 34.2 Å². The number of esters is 1. The molecule has 130 valence electrons. The third-order valence-electron chi connectivity index (χ3n) is 3.45. The van der Waals surface area contributed by atoms with Crippen LogP contribution in [-0.4, -0.2) is 39.2 Å². The van der Waals surface area contributed by atoms with Gasteiger partial charge in [-0.2, -0.15) is 0 Å². The van der Waals surface area contributed by atoms with Crippen LogP contribution in [-0.2, 0) is 30.6 Å². The van der Waals surface area contributed by atoms with Gasteiger partial charge in [-0.05, 0) is 24.1 Å². The van der Waals surface area contributed by atoms with Crippen molar-refractivity contribution in [1.82, 2.24) is 5.32 Å². The van der Waals surface area contributed by atoms with Gasteiger partial charge in [-0.3, -0.25) is 9.59 Å². The van der Waals surface area contributed by atoms with E-state index in [1.807, 2.05) is 0 Å². The van der Waals surface area contributed by atoms with E-state index >= 15 is 0 Å². The number of nitrogens with one attached hydrogen (secondary N) is 1. The van der Waals surface area contributed by atoms with E-state index in [1.54, 1.807) is 12.1 Å². The molecule has 6 nitrogen and oxygen atoms in total. The molecule has 0 bridgehead atoms. The van der Waals surface area contributed by atoms with Gasteiger partial charge in [-0.1, -0.05) is 18.2 Å². The number of carbonyl (C=O) groups excluding carboxylic acids is 2. The van der Waals surface area contributed by atoms with Crippen LogP contribution in [0.5, 0.6) is 0 Å². The van der Waals surface area contributed by atoms with Gasteiger partial charge < -0.3 is 10.1 Å². The zero-order valence-electron chi connectivity index (χ0n) is 12.9. The van der Waals surface area contributed by atoms with Crippen molar-refractivity contribution >= 4 is 21.7 Å². The third-order valence-corrected chi connectivity index (χ3v) is 4.91. The van der Waals surface area contributed by atoms with Crippen molar-refractivity contribution in [2.45, 2.75) is 12.8 Å². The van der Waals surface area contributed by atoms with Crippen molar-refractivity contribution in [3.05, 3.63) is 47.1 Å². The van der Waals surface area contributed by atoms with Gasteiger partial charge in [0.25, 0.3) is 5.91 Å². The summed E-state index contributed by atoms with van der Waals surface area (Å²) in [6, 6.07) is 5.95. The van der Waals surface area contributed by atoms with Gasteiger partial charge >= 0.3 is 5.97 Å². The summed E-state index contributed by atoms with van der Waals surface area (Å²) in [7, 11) is -3.20. The Labute approximate surface area is 139 Å². The topological polar surface area (TPSA) is 89.5 Å². The molecule has 0 saturated carbocycles. The van der Waals surface area contributed by atoms with Gasteiger partial charge in [-0.15, -0.1) is 0 Å². The summed E-state index contributed by atoms with van der Waals surface area (Å²) in [6.07, 6.45) is 1.92. The predicted octanol–water partition coefficient (Wildman–Crippen LogP) is 0.976. The van der Waals surface area contributed by atoms with E-state index in [-0.39, 0.29) is 18.0 Å². The zero-order chi connectivity index (χ0) is 17.6. The molecule has 0 spiro atoms. The molecule has 1 amide bonds. The van der Waals surface area contributed by atoms with E-state index in [0.29, 0.717) is 13.0 Å². The number of allylic oxidation sites excluding steroid dienone is 1. The molecular formula is C16H18FNO5S. The van der Waals surface area contributed by atoms with Crippen LogP contribution in [0.1, 0.15) is 12.0 Å². The highest BCUT2D eigenvalue weighted by Gasteiger charge is 2.24. The van der Waals surface area contributed by atoms with Crippen molar-refractivity contribution < 1.29 is 27.1 Å². The highest BCUT2D eigenvalue weighted by molar-refractivity contribution is 7.94. The fourth-order valence-electron chi connectivity index (χ4n) is 2.23. The number of hydrogen-bond donors (Lipinski definition) is 1. The summed E-state index contributed by atoms with van der Waals surface area (Å²) in [5, 5.41) is 3.68. The zero-order valence-corrected chi connectivity index (χ0v) is 13.7. The molecular weight excluding hydrogens is 337 g/mol. The second kappa shape index (κ2) is 8.05. The summed E-state index contributed by atoms with van der Waals surface area (Å²) >= 11 is 0. The lowest BCUT2D eigenvalue weighted by molar-refractivity contribution is -0.149. The number of benzene rings is 1. The van der Waals surface area contributed by atoms with Crippen LogP contribution in [0, 0.1) is 11.7 Å². The van der Waals surface area contributed by atoms with Crippen molar-refractivity contribution in [2.24, 2.45) is 5.92 Å². The number of carbonyl (C=O) groups is 2. The Morgan fingerprint density at radius 1 is 1.25 bits per heavy atom. The Kier molecular flexibility index (Phi) is 6.08. The lowest BCUT2D eigenvalue weighted by Crippen LogP contribution is -2.30. The summed E-state index contributed by atoms with van der Waals surface area (Å²) in [6.45, 7) is -0.0724. The Morgan fingerprint density at radius 3 is 2.58 bits per heavy atom. The van der Waals surface area contributed by atoms with Crippen LogP contribution in [0.3, 0.4) is 0 Å². The summed E-state index contributed by atoms with van der Waals surface area (Å²) in [4.78, 5) is 23.1.